The van der Waals surface area contributed by atoms with Crippen LogP contribution in [0.3, 0.4) is 0 Å². The summed E-state index contributed by atoms with van der Waals surface area (Å²) < 4.78 is 5.77. The van der Waals surface area contributed by atoms with Gasteiger partial charge in [-0.2, -0.15) is 0 Å². The van der Waals surface area contributed by atoms with E-state index in [0.29, 0.717) is 12.0 Å². The molecule has 1 aliphatic rings. The molecule has 0 bridgehead atoms. The Kier molecular flexibility index (Phi) is 3.76. The van der Waals surface area contributed by atoms with Crippen LogP contribution in [-0.2, 0) is 4.74 Å². The molecule has 0 radical (unpaired) electrons. The molecule has 1 saturated carbocycles. The largest absolute Gasteiger partial charge is 0.371 e. The SMILES string of the molecule is C=CC(C)OC1CCCC1CN. The number of hydrogen-bond acceptors (Lipinski definition) is 2. The van der Waals surface area contributed by atoms with E-state index in [1.165, 1.54) is 19.3 Å². The lowest BCUT2D eigenvalue weighted by Crippen LogP contribution is -2.27. The highest BCUT2D eigenvalue weighted by atomic mass is 16.5. The summed E-state index contributed by atoms with van der Waals surface area (Å²) in [7, 11) is 0. The molecule has 2 heteroatoms. The molecule has 1 rings (SSSR count). The quantitative estimate of drug-likeness (QED) is 0.650. The smallest absolute Gasteiger partial charge is 0.0728 e. The molecule has 1 fully saturated rings. The van der Waals surface area contributed by atoms with Gasteiger partial charge in [-0.25, -0.2) is 0 Å². The first-order valence-electron chi connectivity index (χ1n) is 4.76. The van der Waals surface area contributed by atoms with Gasteiger partial charge in [-0.05, 0) is 32.2 Å². The first kappa shape index (κ1) is 9.75. The first-order chi connectivity index (χ1) is 5.77. The number of hydrogen-bond donors (Lipinski definition) is 1. The van der Waals surface area contributed by atoms with Crippen molar-refractivity contribution < 1.29 is 4.74 Å². The van der Waals surface area contributed by atoms with Gasteiger partial charge in [0.1, 0.15) is 0 Å². The highest BCUT2D eigenvalue weighted by Crippen LogP contribution is 2.28. The second-order valence-electron chi connectivity index (χ2n) is 3.54. The van der Waals surface area contributed by atoms with Gasteiger partial charge >= 0.3 is 0 Å². The van der Waals surface area contributed by atoms with Crippen molar-refractivity contribution in [2.24, 2.45) is 11.7 Å². The zero-order valence-electron chi connectivity index (χ0n) is 7.83. The molecule has 0 saturated heterocycles. The Balaban J connectivity index is 2.34. The third-order valence-corrected chi connectivity index (χ3v) is 2.61. The van der Waals surface area contributed by atoms with Crippen LogP contribution in [0.2, 0.25) is 0 Å². The average molecular weight is 169 g/mol. The summed E-state index contributed by atoms with van der Waals surface area (Å²) in [5.41, 5.74) is 5.64. The highest BCUT2D eigenvalue weighted by Gasteiger charge is 2.27. The van der Waals surface area contributed by atoms with Gasteiger partial charge in [0.05, 0.1) is 12.2 Å². The summed E-state index contributed by atoms with van der Waals surface area (Å²) in [5.74, 6) is 0.576. The van der Waals surface area contributed by atoms with E-state index in [1.54, 1.807) is 0 Å². The molecule has 3 unspecified atom stereocenters. The molecule has 1 aliphatic carbocycles. The summed E-state index contributed by atoms with van der Waals surface area (Å²) in [5, 5.41) is 0. The second-order valence-corrected chi connectivity index (χ2v) is 3.54. The summed E-state index contributed by atoms with van der Waals surface area (Å²) in [4.78, 5) is 0. The minimum atomic E-state index is 0.169. The van der Waals surface area contributed by atoms with Crippen molar-refractivity contribution in [3.05, 3.63) is 12.7 Å². The lowest BCUT2D eigenvalue weighted by molar-refractivity contribution is 0.00249. The molecule has 12 heavy (non-hydrogen) atoms. The zero-order chi connectivity index (χ0) is 8.97. The van der Waals surface area contributed by atoms with Crippen LogP contribution in [0.25, 0.3) is 0 Å². The van der Waals surface area contributed by atoms with Crippen LogP contribution in [0.1, 0.15) is 26.2 Å². The van der Waals surface area contributed by atoms with Crippen LogP contribution in [-0.4, -0.2) is 18.8 Å². The van der Waals surface area contributed by atoms with Gasteiger partial charge in [-0.15, -0.1) is 6.58 Å². The average Bonchev–Trinajstić information content (AvgIpc) is 2.51. The molecule has 0 aliphatic heterocycles. The van der Waals surface area contributed by atoms with Gasteiger partial charge in [0.25, 0.3) is 0 Å². The number of ether oxygens (including phenoxy) is 1. The molecule has 70 valence electrons. The maximum absolute atomic E-state index is 5.77. The summed E-state index contributed by atoms with van der Waals surface area (Å²) in [6, 6.07) is 0. The fraction of sp³-hybridized carbons (Fsp3) is 0.800. The molecule has 0 amide bonds. The van der Waals surface area contributed by atoms with E-state index in [1.807, 2.05) is 13.0 Å². The van der Waals surface area contributed by atoms with Crippen molar-refractivity contribution in [1.82, 2.24) is 0 Å². The molecule has 0 aromatic rings. The zero-order valence-corrected chi connectivity index (χ0v) is 7.83. The second kappa shape index (κ2) is 4.63. The van der Waals surface area contributed by atoms with Crippen molar-refractivity contribution in [3.8, 4) is 0 Å². The number of nitrogens with two attached hydrogens (primary N) is 1. The molecule has 0 heterocycles. The van der Waals surface area contributed by atoms with Crippen LogP contribution in [0.15, 0.2) is 12.7 Å². The highest BCUT2D eigenvalue weighted by molar-refractivity contribution is 4.83. The van der Waals surface area contributed by atoms with Gasteiger partial charge in [0.15, 0.2) is 0 Å². The van der Waals surface area contributed by atoms with Gasteiger partial charge < -0.3 is 10.5 Å². The van der Waals surface area contributed by atoms with Crippen molar-refractivity contribution in [2.75, 3.05) is 6.54 Å². The molecule has 0 aromatic heterocycles. The summed E-state index contributed by atoms with van der Waals surface area (Å²) >= 11 is 0. The lowest BCUT2D eigenvalue weighted by atomic mass is 10.1. The summed E-state index contributed by atoms with van der Waals surface area (Å²) in [6.45, 7) is 6.48. The monoisotopic (exact) mass is 169 g/mol. The molecular formula is C10H19NO. The molecule has 3 atom stereocenters. The Labute approximate surface area is 74.8 Å². The van der Waals surface area contributed by atoms with Gasteiger partial charge in [-0.1, -0.05) is 12.5 Å². The van der Waals surface area contributed by atoms with E-state index < -0.39 is 0 Å². The predicted molar refractivity (Wildman–Crippen MR) is 50.9 cm³/mol. The third kappa shape index (κ3) is 2.32. The van der Waals surface area contributed by atoms with E-state index in [-0.39, 0.29) is 6.10 Å². The predicted octanol–water partition coefficient (Wildman–Crippen LogP) is 1.70. The van der Waals surface area contributed by atoms with E-state index in [4.69, 9.17) is 10.5 Å². The van der Waals surface area contributed by atoms with Crippen LogP contribution in [0.5, 0.6) is 0 Å². The van der Waals surface area contributed by atoms with E-state index in [0.717, 1.165) is 6.54 Å². The van der Waals surface area contributed by atoms with E-state index >= 15 is 0 Å². The topological polar surface area (TPSA) is 35.2 Å². The lowest BCUT2D eigenvalue weighted by Gasteiger charge is -2.21. The van der Waals surface area contributed by atoms with Crippen LogP contribution in [0.4, 0.5) is 0 Å². The minimum Gasteiger partial charge on any atom is -0.371 e. The van der Waals surface area contributed by atoms with Gasteiger partial charge in [-0.3, -0.25) is 0 Å². The first-order valence-corrected chi connectivity index (χ1v) is 4.76. The Morgan fingerprint density at radius 1 is 1.67 bits per heavy atom. The molecule has 2 nitrogen and oxygen atoms in total. The van der Waals surface area contributed by atoms with Crippen molar-refractivity contribution >= 4 is 0 Å². The third-order valence-electron chi connectivity index (χ3n) is 2.61. The van der Waals surface area contributed by atoms with Gasteiger partial charge in [0.2, 0.25) is 0 Å². The van der Waals surface area contributed by atoms with E-state index in [2.05, 4.69) is 6.58 Å². The Morgan fingerprint density at radius 3 is 3.00 bits per heavy atom. The van der Waals surface area contributed by atoms with Crippen LogP contribution < -0.4 is 5.73 Å². The Morgan fingerprint density at radius 2 is 2.42 bits per heavy atom. The maximum Gasteiger partial charge on any atom is 0.0728 e. The van der Waals surface area contributed by atoms with Gasteiger partial charge in [0, 0.05) is 0 Å². The van der Waals surface area contributed by atoms with Crippen LogP contribution >= 0.6 is 0 Å². The maximum atomic E-state index is 5.77. The molecule has 0 spiro atoms. The summed E-state index contributed by atoms with van der Waals surface area (Å²) in [6.07, 6.45) is 6.04. The van der Waals surface area contributed by atoms with E-state index in [9.17, 15) is 0 Å². The molecule has 0 aromatic carbocycles. The standard InChI is InChI=1S/C10H19NO/c1-3-8(2)12-10-6-4-5-9(10)7-11/h3,8-10H,1,4-7,11H2,2H3. The normalized spacial score (nSPS) is 31.8. The van der Waals surface area contributed by atoms with Crippen molar-refractivity contribution in [2.45, 2.75) is 38.4 Å². The minimum absolute atomic E-state index is 0.169. The Bertz CT molecular complexity index is 147. The fourth-order valence-corrected chi connectivity index (χ4v) is 1.78. The number of rotatable bonds is 4. The molecular weight excluding hydrogens is 150 g/mol. The van der Waals surface area contributed by atoms with Crippen molar-refractivity contribution in [1.29, 1.82) is 0 Å². The fourth-order valence-electron chi connectivity index (χ4n) is 1.78. The van der Waals surface area contributed by atoms with Crippen LogP contribution in [0, 0.1) is 5.92 Å². The van der Waals surface area contributed by atoms with Crippen molar-refractivity contribution in [3.63, 3.8) is 0 Å². The molecule has 2 N–H and O–H groups in total. The Hall–Kier alpha value is -0.340.